The van der Waals surface area contributed by atoms with E-state index in [-0.39, 0.29) is 5.92 Å². The molecule has 4 aromatic rings. The predicted octanol–water partition coefficient (Wildman–Crippen LogP) is 5.19. The molecule has 0 fully saturated rings. The topological polar surface area (TPSA) is 101 Å². The number of rotatable bonds is 6. The van der Waals surface area contributed by atoms with E-state index in [1.165, 1.54) is 0 Å². The van der Waals surface area contributed by atoms with Crippen LogP contribution in [0.1, 0.15) is 41.3 Å². The van der Waals surface area contributed by atoms with Crippen molar-refractivity contribution in [3.05, 3.63) is 71.4 Å². The summed E-state index contributed by atoms with van der Waals surface area (Å²) in [6, 6.07) is 15.4. The lowest BCUT2D eigenvalue weighted by Crippen LogP contribution is -2.04. The Morgan fingerprint density at radius 2 is 1.94 bits per heavy atom. The van der Waals surface area contributed by atoms with Crippen molar-refractivity contribution in [2.24, 2.45) is 5.73 Å². The van der Waals surface area contributed by atoms with Gasteiger partial charge in [0.1, 0.15) is 11.4 Å². The summed E-state index contributed by atoms with van der Waals surface area (Å²) in [5.41, 5.74) is 12.5. The molecule has 2 heterocycles. The molecule has 6 nitrogen and oxygen atoms in total. The molecule has 0 unspecified atom stereocenters. The number of ether oxygens (including phenoxy) is 1. The molecule has 6 heteroatoms. The highest BCUT2D eigenvalue weighted by Crippen LogP contribution is 2.36. The van der Waals surface area contributed by atoms with Gasteiger partial charge in [0.15, 0.2) is 0 Å². The van der Waals surface area contributed by atoms with Crippen LogP contribution < -0.4 is 10.5 Å². The maximum absolute atomic E-state index is 11.6. The summed E-state index contributed by atoms with van der Waals surface area (Å²) in [5, 5.41) is 10.5. The van der Waals surface area contributed by atoms with Gasteiger partial charge in [-0.15, -0.1) is 0 Å². The number of hydrogen-bond donors (Lipinski definition) is 3. The van der Waals surface area contributed by atoms with E-state index in [9.17, 15) is 9.90 Å². The average molecular weight is 415 g/mol. The molecule has 158 valence electrons. The fourth-order valence-corrected chi connectivity index (χ4v) is 3.92. The van der Waals surface area contributed by atoms with Crippen LogP contribution in [0.25, 0.3) is 33.4 Å². The Bertz CT molecular complexity index is 1270. The summed E-state index contributed by atoms with van der Waals surface area (Å²) in [5.74, 6) is -0.0717. The highest BCUT2D eigenvalue weighted by molar-refractivity contribution is 5.98. The number of hydrogen-bond acceptors (Lipinski definition) is 4. The van der Waals surface area contributed by atoms with Gasteiger partial charge in [0.2, 0.25) is 0 Å². The Labute approximate surface area is 180 Å². The smallest absolute Gasteiger partial charge is 0.335 e. The van der Waals surface area contributed by atoms with Crippen molar-refractivity contribution >= 4 is 17.0 Å². The van der Waals surface area contributed by atoms with Crippen LogP contribution in [0.3, 0.4) is 0 Å². The molecule has 0 aliphatic heterocycles. The molecular formula is C25H25N3O3. The van der Waals surface area contributed by atoms with Crippen LogP contribution in [-0.4, -0.2) is 28.2 Å². The first-order valence-electron chi connectivity index (χ1n) is 10.2. The van der Waals surface area contributed by atoms with Gasteiger partial charge in [0.25, 0.3) is 0 Å². The zero-order chi connectivity index (χ0) is 22.1. The van der Waals surface area contributed by atoms with Crippen molar-refractivity contribution < 1.29 is 14.6 Å². The lowest BCUT2D eigenvalue weighted by molar-refractivity contribution is 0.0695. The predicted molar refractivity (Wildman–Crippen MR) is 122 cm³/mol. The van der Waals surface area contributed by atoms with E-state index in [1.807, 2.05) is 50.2 Å². The molecule has 0 aliphatic carbocycles. The van der Waals surface area contributed by atoms with Crippen molar-refractivity contribution in [2.45, 2.75) is 26.3 Å². The van der Waals surface area contributed by atoms with Gasteiger partial charge < -0.3 is 20.6 Å². The minimum absolute atomic E-state index is 0.0911. The standard InChI is InChI=1S/C25H25N3O3/c1-14(2)19-11-16(5-6-18(19)25(29)30)17-8-9-27-24-20(17)12-22(28-24)21-10-15(13-26)4-7-23(21)31-3/h4-12,14H,13,26H2,1-3H3,(H,27,28)(H,29,30). The third-order valence-corrected chi connectivity index (χ3v) is 5.54. The van der Waals surface area contributed by atoms with Crippen LogP contribution in [0.2, 0.25) is 0 Å². The molecule has 0 saturated carbocycles. The van der Waals surface area contributed by atoms with E-state index < -0.39 is 5.97 Å². The van der Waals surface area contributed by atoms with Crippen LogP contribution in [0.5, 0.6) is 5.75 Å². The largest absolute Gasteiger partial charge is 0.496 e. The molecule has 2 aromatic carbocycles. The monoisotopic (exact) mass is 415 g/mol. The lowest BCUT2D eigenvalue weighted by Gasteiger charge is -2.12. The Hall–Kier alpha value is -3.64. The number of carboxylic acid groups (broad SMARTS) is 1. The van der Waals surface area contributed by atoms with Gasteiger partial charge in [-0.3, -0.25) is 0 Å². The number of pyridine rings is 1. The van der Waals surface area contributed by atoms with Crippen molar-refractivity contribution in [3.8, 4) is 28.1 Å². The number of carboxylic acids is 1. The third-order valence-electron chi connectivity index (χ3n) is 5.54. The Morgan fingerprint density at radius 1 is 1.13 bits per heavy atom. The molecule has 0 spiro atoms. The maximum Gasteiger partial charge on any atom is 0.335 e. The van der Waals surface area contributed by atoms with Crippen LogP contribution in [0.15, 0.2) is 54.7 Å². The van der Waals surface area contributed by atoms with Crippen molar-refractivity contribution in [2.75, 3.05) is 7.11 Å². The number of nitrogens with one attached hydrogen (secondary N) is 1. The Kier molecular flexibility index (Phi) is 5.48. The summed E-state index contributed by atoms with van der Waals surface area (Å²) in [7, 11) is 1.64. The number of nitrogens with zero attached hydrogens (tertiary/aromatic N) is 1. The first-order chi connectivity index (χ1) is 14.9. The fraction of sp³-hybridized carbons (Fsp3) is 0.200. The fourth-order valence-electron chi connectivity index (χ4n) is 3.92. The number of aromatic carboxylic acids is 1. The molecule has 31 heavy (non-hydrogen) atoms. The highest BCUT2D eigenvalue weighted by Gasteiger charge is 2.17. The molecule has 4 rings (SSSR count). The second kappa shape index (κ2) is 8.24. The Morgan fingerprint density at radius 3 is 2.61 bits per heavy atom. The zero-order valence-electron chi connectivity index (χ0n) is 17.8. The summed E-state index contributed by atoms with van der Waals surface area (Å²) >= 11 is 0. The molecule has 0 amide bonds. The number of aromatic amines is 1. The zero-order valence-corrected chi connectivity index (χ0v) is 17.8. The summed E-state index contributed by atoms with van der Waals surface area (Å²) < 4.78 is 5.55. The molecule has 0 atom stereocenters. The lowest BCUT2D eigenvalue weighted by atomic mass is 9.92. The quantitative estimate of drug-likeness (QED) is 0.402. The van der Waals surface area contributed by atoms with E-state index in [0.29, 0.717) is 12.1 Å². The summed E-state index contributed by atoms with van der Waals surface area (Å²) in [6.45, 7) is 4.44. The summed E-state index contributed by atoms with van der Waals surface area (Å²) in [6.07, 6.45) is 1.76. The molecule has 0 saturated heterocycles. The first kappa shape index (κ1) is 20.6. The molecular weight excluding hydrogens is 390 g/mol. The minimum Gasteiger partial charge on any atom is -0.496 e. The normalized spacial score (nSPS) is 11.3. The number of nitrogens with two attached hydrogens (primary N) is 1. The molecule has 0 radical (unpaired) electrons. The maximum atomic E-state index is 11.6. The second-order valence-corrected chi connectivity index (χ2v) is 7.80. The Balaban J connectivity index is 1.89. The van der Waals surface area contributed by atoms with Gasteiger partial charge in [0, 0.05) is 23.7 Å². The van der Waals surface area contributed by atoms with Gasteiger partial charge in [-0.2, -0.15) is 0 Å². The van der Waals surface area contributed by atoms with Crippen LogP contribution in [0.4, 0.5) is 0 Å². The second-order valence-electron chi connectivity index (χ2n) is 7.80. The number of carbonyl (C=O) groups is 1. The van der Waals surface area contributed by atoms with E-state index >= 15 is 0 Å². The van der Waals surface area contributed by atoms with Crippen molar-refractivity contribution in [1.29, 1.82) is 0 Å². The third kappa shape index (κ3) is 3.78. The highest BCUT2D eigenvalue weighted by atomic mass is 16.5. The van der Waals surface area contributed by atoms with Gasteiger partial charge in [-0.1, -0.05) is 32.0 Å². The minimum atomic E-state index is -0.911. The van der Waals surface area contributed by atoms with Crippen molar-refractivity contribution in [1.82, 2.24) is 9.97 Å². The molecule has 4 N–H and O–H groups in total. The number of fused-ring (bicyclic) bond motifs is 1. The first-order valence-corrected chi connectivity index (χ1v) is 10.2. The number of H-pyrrole nitrogens is 1. The number of methoxy groups -OCH3 is 1. The van der Waals surface area contributed by atoms with E-state index in [0.717, 1.165) is 50.3 Å². The molecule has 0 aliphatic rings. The van der Waals surface area contributed by atoms with Crippen LogP contribution in [-0.2, 0) is 6.54 Å². The SMILES string of the molecule is COc1ccc(CN)cc1-c1cc2c(-c3ccc(C(=O)O)c(C(C)C)c3)ccnc2[nH]1. The van der Waals surface area contributed by atoms with Crippen molar-refractivity contribution in [3.63, 3.8) is 0 Å². The molecule has 0 bridgehead atoms. The van der Waals surface area contributed by atoms with Gasteiger partial charge in [-0.05, 0) is 58.5 Å². The van der Waals surface area contributed by atoms with E-state index in [2.05, 4.69) is 16.0 Å². The number of aromatic nitrogens is 2. The van der Waals surface area contributed by atoms with Crippen LogP contribution >= 0.6 is 0 Å². The average Bonchev–Trinajstić information content (AvgIpc) is 3.22. The van der Waals surface area contributed by atoms with Gasteiger partial charge >= 0.3 is 5.97 Å². The van der Waals surface area contributed by atoms with Crippen LogP contribution in [0, 0.1) is 0 Å². The van der Waals surface area contributed by atoms with Gasteiger partial charge in [0.05, 0.1) is 18.4 Å². The van der Waals surface area contributed by atoms with E-state index in [1.54, 1.807) is 19.4 Å². The number of benzene rings is 2. The molecule has 2 aromatic heterocycles. The summed E-state index contributed by atoms with van der Waals surface area (Å²) in [4.78, 5) is 19.5. The van der Waals surface area contributed by atoms with E-state index in [4.69, 9.17) is 10.5 Å². The van der Waals surface area contributed by atoms with Gasteiger partial charge in [-0.25, -0.2) is 9.78 Å².